The minimum absolute atomic E-state index is 0.214. The lowest BCUT2D eigenvalue weighted by molar-refractivity contribution is -0.134. The van der Waals surface area contributed by atoms with E-state index in [1.165, 1.54) is 38.5 Å². The zero-order valence-electron chi connectivity index (χ0n) is 12.6. The molecule has 114 valence electrons. The molecule has 20 heavy (non-hydrogen) atoms. The SMILES string of the molecule is COCC1(C(=O)NC2CCC3CCCC3C2)CCNC1. The third-order valence-electron chi connectivity index (χ3n) is 5.77. The van der Waals surface area contributed by atoms with Crippen molar-refractivity contribution in [3.8, 4) is 0 Å². The second-order valence-corrected chi connectivity index (χ2v) is 7.07. The van der Waals surface area contributed by atoms with E-state index in [9.17, 15) is 4.79 Å². The van der Waals surface area contributed by atoms with Gasteiger partial charge in [-0.3, -0.25) is 4.79 Å². The number of carbonyl (C=O) groups excluding carboxylic acids is 1. The zero-order chi connectivity index (χ0) is 14.0. The Hall–Kier alpha value is -0.610. The first-order chi connectivity index (χ1) is 9.73. The van der Waals surface area contributed by atoms with Gasteiger partial charge in [0.2, 0.25) is 5.91 Å². The average molecular weight is 280 g/mol. The number of nitrogens with one attached hydrogen (secondary N) is 2. The molecule has 1 amide bonds. The van der Waals surface area contributed by atoms with E-state index in [-0.39, 0.29) is 11.3 Å². The summed E-state index contributed by atoms with van der Waals surface area (Å²) >= 11 is 0. The monoisotopic (exact) mass is 280 g/mol. The summed E-state index contributed by atoms with van der Waals surface area (Å²) in [6.45, 7) is 2.21. The van der Waals surface area contributed by atoms with Gasteiger partial charge in [0, 0.05) is 19.7 Å². The lowest BCUT2D eigenvalue weighted by Crippen LogP contribution is -2.50. The van der Waals surface area contributed by atoms with Crippen LogP contribution in [-0.2, 0) is 9.53 Å². The third kappa shape index (κ3) is 2.73. The fourth-order valence-electron chi connectivity index (χ4n) is 4.57. The van der Waals surface area contributed by atoms with Crippen LogP contribution >= 0.6 is 0 Å². The maximum absolute atomic E-state index is 12.7. The van der Waals surface area contributed by atoms with E-state index in [0.29, 0.717) is 12.6 Å². The molecule has 0 radical (unpaired) electrons. The summed E-state index contributed by atoms with van der Waals surface area (Å²) in [4.78, 5) is 12.7. The molecule has 2 aliphatic carbocycles. The summed E-state index contributed by atoms with van der Waals surface area (Å²) < 4.78 is 5.31. The van der Waals surface area contributed by atoms with Crippen molar-refractivity contribution in [2.75, 3.05) is 26.8 Å². The highest BCUT2D eigenvalue weighted by Gasteiger charge is 2.43. The largest absolute Gasteiger partial charge is 0.384 e. The van der Waals surface area contributed by atoms with E-state index in [0.717, 1.165) is 31.3 Å². The molecule has 0 aromatic carbocycles. The Labute approximate surface area is 122 Å². The average Bonchev–Trinajstić information content (AvgIpc) is 3.08. The third-order valence-corrected chi connectivity index (χ3v) is 5.77. The predicted octanol–water partition coefficient (Wildman–Crippen LogP) is 1.70. The number of amides is 1. The summed E-state index contributed by atoms with van der Waals surface area (Å²) in [5, 5.41) is 6.65. The summed E-state index contributed by atoms with van der Waals surface area (Å²) in [6, 6.07) is 0.399. The molecule has 1 heterocycles. The fraction of sp³-hybridized carbons (Fsp3) is 0.938. The molecule has 0 aromatic heterocycles. The van der Waals surface area contributed by atoms with Gasteiger partial charge in [-0.1, -0.05) is 19.3 Å². The van der Waals surface area contributed by atoms with Crippen molar-refractivity contribution in [1.82, 2.24) is 10.6 Å². The second-order valence-electron chi connectivity index (χ2n) is 7.07. The van der Waals surface area contributed by atoms with Crippen molar-refractivity contribution >= 4 is 5.91 Å². The first-order valence-corrected chi connectivity index (χ1v) is 8.24. The number of hydrogen-bond acceptors (Lipinski definition) is 3. The van der Waals surface area contributed by atoms with Crippen molar-refractivity contribution < 1.29 is 9.53 Å². The highest BCUT2D eigenvalue weighted by Crippen LogP contribution is 2.42. The molecule has 4 nitrogen and oxygen atoms in total. The van der Waals surface area contributed by atoms with Crippen LogP contribution in [0.2, 0.25) is 0 Å². The van der Waals surface area contributed by atoms with Crippen LogP contribution in [0.5, 0.6) is 0 Å². The first kappa shape index (κ1) is 14.3. The van der Waals surface area contributed by atoms with Gasteiger partial charge in [0.25, 0.3) is 0 Å². The Balaban J connectivity index is 1.57. The second kappa shape index (κ2) is 6.02. The van der Waals surface area contributed by atoms with Gasteiger partial charge in [0.1, 0.15) is 0 Å². The molecule has 0 bridgehead atoms. The molecule has 3 rings (SSSR count). The molecule has 1 aliphatic heterocycles. The molecule has 3 aliphatic rings. The zero-order valence-corrected chi connectivity index (χ0v) is 12.6. The van der Waals surface area contributed by atoms with Crippen LogP contribution in [0.15, 0.2) is 0 Å². The maximum Gasteiger partial charge on any atom is 0.230 e. The standard InChI is InChI=1S/C16H28N2O2/c1-20-11-16(7-8-17-10-16)15(19)18-14-6-5-12-3-2-4-13(12)9-14/h12-14,17H,2-11H2,1H3,(H,18,19). The van der Waals surface area contributed by atoms with E-state index in [2.05, 4.69) is 10.6 Å². The minimum Gasteiger partial charge on any atom is -0.384 e. The van der Waals surface area contributed by atoms with Crippen LogP contribution < -0.4 is 10.6 Å². The van der Waals surface area contributed by atoms with Gasteiger partial charge in [0.05, 0.1) is 12.0 Å². The number of methoxy groups -OCH3 is 1. The Kier molecular flexibility index (Phi) is 4.32. The van der Waals surface area contributed by atoms with E-state index in [4.69, 9.17) is 4.74 Å². The highest BCUT2D eigenvalue weighted by atomic mass is 16.5. The Bertz CT molecular complexity index is 352. The quantitative estimate of drug-likeness (QED) is 0.824. The lowest BCUT2D eigenvalue weighted by Gasteiger charge is -2.35. The molecule has 4 atom stereocenters. The molecule has 4 heteroatoms. The van der Waals surface area contributed by atoms with Crippen molar-refractivity contribution in [2.24, 2.45) is 17.3 Å². The smallest absolute Gasteiger partial charge is 0.230 e. The number of hydrogen-bond donors (Lipinski definition) is 2. The Morgan fingerprint density at radius 2 is 2.15 bits per heavy atom. The van der Waals surface area contributed by atoms with E-state index in [1.807, 2.05) is 0 Å². The molecule has 0 aromatic rings. The van der Waals surface area contributed by atoms with Gasteiger partial charge in [-0.15, -0.1) is 0 Å². The number of ether oxygens (including phenoxy) is 1. The molecule has 2 saturated carbocycles. The maximum atomic E-state index is 12.7. The normalized spacial score (nSPS) is 40.5. The van der Waals surface area contributed by atoms with Crippen LogP contribution in [0.1, 0.15) is 44.9 Å². The van der Waals surface area contributed by atoms with Crippen LogP contribution in [0.4, 0.5) is 0 Å². The van der Waals surface area contributed by atoms with Gasteiger partial charge in [0.15, 0.2) is 0 Å². The number of fused-ring (bicyclic) bond motifs is 1. The molecule has 0 spiro atoms. The van der Waals surface area contributed by atoms with Gasteiger partial charge in [-0.2, -0.15) is 0 Å². The summed E-state index contributed by atoms with van der Waals surface area (Å²) in [6.07, 6.45) is 8.77. The predicted molar refractivity (Wildman–Crippen MR) is 78.4 cm³/mol. The van der Waals surface area contributed by atoms with Crippen molar-refractivity contribution in [1.29, 1.82) is 0 Å². The summed E-state index contributed by atoms with van der Waals surface area (Å²) in [5.41, 5.74) is -0.332. The van der Waals surface area contributed by atoms with Crippen LogP contribution in [0.25, 0.3) is 0 Å². The summed E-state index contributed by atoms with van der Waals surface area (Å²) in [5.74, 6) is 2.03. The van der Waals surface area contributed by atoms with Gasteiger partial charge < -0.3 is 15.4 Å². The summed E-state index contributed by atoms with van der Waals surface area (Å²) in [7, 11) is 1.69. The van der Waals surface area contributed by atoms with Crippen molar-refractivity contribution in [3.05, 3.63) is 0 Å². The minimum atomic E-state index is -0.332. The first-order valence-electron chi connectivity index (χ1n) is 8.24. The number of rotatable bonds is 4. The Morgan fingerprint density at radius 3 is 2.90 bits per heavy atom. The Morgan fingerprint density at radius 1 is 1.30 bits per heavy atom. The molecule has 2 N–H and O–H groups in total. The van der Waals surface area contributed by atoms with E-state index in [1.54, 1.807) is 7.11 Å². The van der Waals surface area contributed by atoms with Crippen molar-refractivity contribution in [3.63, 3.8) is 0 Å². The topological polar surface area (TPSA) is 50.4 Å². The van der Waals surface area contributed by atoms with Crippen LogP contribution in [-0.4, -0.2) is 38.8 Å². The molecule has 4 unspecified atom stereocenters. The van der Waals surface area contributed by atoms with E-state index < -0.39 is 0 Å². The van der Waals surface area contributed by atoms with E-state index >= 15 is 0 Å². The molecule has 3 fully saturated rings. The van der Waals surface area contributed by atoms with Gasteiger partial charge >= 0.3 is 0 Å². The lowest BCUT2D eigenvalue weighted by atomic mass is 9.78. The van der Waals surface area contributed by atoms with Crippen LogP contribution in [0, 0.1) is 17.3 Å². The fourth-order valence-corrected chi connectivity index (χ4v) is 4.57. The molecule has 1 saturated heterocycles. The molecular weight excluding hydrogens is 252 g/mol. The van der Waals surface area contributed by atoms with Gasteiger partial charge in [-0.25, -0.2) is 0 Å². The van der Waals surface area contributed by atoms with Crippen LogP contribution in [0.3, 0.4) is 0 Å². The molecular formula is C16H28N2O2. The highest BCUT2D eigenvalue weighted by molar-refractivity contribution is 5.83. The number of carbonyl (C=O) groups is 1. The van der Waals surface area contributed by atoms with Gasteiger partial charge in [-0.05, 0) is 44.1 Å². The van der Waals surface area contributed by atoms with Crippen molar-refractivity contribution in [2.45, 2.75) is 51.0 Å².